The van der Waals surface area contributed by atoms with E-state index in [1.54, 1.807) is 35.6 Å². The molecule has 2 aromatic rings. The number of rotatable bonds is 2. The number of fused-ring (bicyclic) bond motifs is 4. The van der Waals surface area contributed by atoms with Crippen LogP contribution in [0.4, 0.5) is 0 Å². The van der Waals surface area contributed by atoms with Crippen LogP contribution in [0.15, 0.2) is 37.1 Å². The van der Waals surface area contributed by atoms with Crippen molar-refractivity contribution in [3.63, 3.8) is 0 Å². The topological polar surface area (TPSA) is 121 Å². The average molecular weight is 466 g/mol. The second-order valence-electron chi connectivity index (χ2n) is 8.92. The van der Waals surface area contributed by atoms with Gasteiger partial charge in [-0.1, -0.05) is 0 Å². The Bertz CT molecular complexity index is 1080. The maximum atomic E-state index is 13.8. The molecule has 2 aromatic heterocycles. The van der Waals surface area contributed by atoms with Gasteiger partial charge in [-0.25, -0.2) is 15.0 Å². The lowest BCUT2D eigenvalue weighted by atomic mass is 10.1. The lowest BCUT2D eigenvalue weighted by Crippen LogP contribution is -2.61. The van der Waals surface area contributed by atoms with Gasteiger partial charge in [0.1, 0.15) is 18.5 Å². The van der Waals surface area contributed by atoms with Gasteiger partial charge in [-0.05, 0) is 18.6 Å². The minimum Gasteiger partial charge on any atom is -0.475 e. The molecule has 2 fully saturated rings. The lowest BCUT2D eigenvalue weighted by molar-refractivity contribution is -0.146. The molecule has 1 N–H and O–H groups in total. The Morgan fingerprint density at radius 3 is 2.82 bits per heavy atom. The smallest absolute Gasteiger partial charge is 0.257 e. The van der Waals surface area contributed by atoms with E-state index in [1.165, 1.54) is 13.3 Å². The number of aromatic nitrogens is 3. The summed E-state index contributed by atoms with van der Waals surface area (Å²) in [4.78, 5) is 57.0. The molecule has 3 atom stereocenters. The van der Waals surface area contributed by atoms with E-state index in [2.05, 4.69) is 25.2 Å². The van der Waals surface area contributed by atoms with Crippen molar-refractivity contribution in [2.24, 2.45) is 0 Å². The number of pyridine rings is 1. The van der Waals surface area contributed by atoms with Crippen molar-refractivity contribution >= 4 is 17.7 Å². The largest absolute Gasteiger partial charge is 0.475 e. The number of nitrogens with one attached hydrogen (secondary N) is 1. The molecule has 3 aliphatic rings. The van der Waals surface area contributed by atoms with Crippen LogP contribution in [0.5, 0.6) is 5.88 Å². The summed E-state index contributed by atoms with van der Waals surface area (Å²) < 4.78 is 5.96. The molecule has 3 amide bonds. The molecule has 34 heavy (non-hydrogen) atoms. The van der Waals surface area contributed by atoms with Gasteiger partial charge in [0, 0.05) is 69.8 Å². The summed E-state index contributed by atoms with van der Waals surface area (Å²) in [6.45, 7) is 3.96. The molecular formula is C23H27N7O4. The molecule has 11 nitrogen and oxygen atoms in total. The van der Waals surface area contributed by atoms with Crippen LogP contribution >= 0.6 is 0 Å². The number of nitrogens with zero attached hydrogens (tertiary/aromatic N) is 6. The van der Waals surface area contributed by atoms with Gasteiger partial charge in [0.2, 0.25) is 17.7 Å². The molecule has 11 heteroatoms. The van der Waals surface area contributed by atoms with Gasteiger partial charge < -0.3 is 19.9 Å². The maximum absolute atomic E-state index is 13.8. The van der Waals surface area contributed by atoms with Gasteiger partial charge >= 0.3 is 0 Å². The summed E-state index contributed by atoms with van der Waals surface area (Å²) in [5.41, 5.74) is 1.25. The number of likely N-dealkylation sites (tertiary alicyclic amines) is 1. The molecule has 3 aliphatic heterocycles. The van der Waals surface area contributed by atoms with E-state index in [9.17, 15) is 14.4 Å². The molecule has 0 saturated carbocycles. The first-order valence-corrected chi connectivity index (χ1v) is 11.4. The van der Waals surface area contributed by atoms with E-state index in [1.807, 2.05) is 4.90 Å². The van der Waals surface area contributed by atoms with Crippen molar-refractivity contribution in [1.29, 1.82) is 0 Å². The summed E-state index contributed by atoms with van der Waals surface area (Å²) in [7, 11) is 0. The van der Waals surface area contributed by atoms with E-state index in [0.717, 1.165) is 5.56 Å². The fourth-order valence-corrected chi connectivity index (χ4v) is 4.97. The standard InChI is InChI=1S/C23H27N7O4/c1-15(31)28-5-6-30-18(12-28)13-34-22-19(3-2-4-26-22)21(32)27-17-7-20(23(30)33)29(11-17)10-16-8-24-14-25-9-16/h2-4,8-9,14,17-18,20H,5-7,10-13H2,1H3,(H,27,32)/t17-,18-,20-/m0/s1. The van der Waals surface area contributed by atoms with Gasteiger partial charge in [0.15, 0.2) is 0 Å². The summed E-state index contributed by atoms with van der Waals surface area (Å²) in [5, 5.41) is 3.06. The van der Waals surface area contributed by atoms with Crippen LogP contribution in [0.1, 0.15) is 29.3 Å². The van der Waals surface area contributed by atoms with Crippen molar-refractivity contribution in [2.75, 3.05) is 32.8 Å². The third kappa shape index (κ3) is 4.43. The Morgan fingerprint density at radius 1 is 1.21 bits per heavy atom. The van der Waals surface area contributed by atoms with Crippen LogP contribution in [0.2, 0.25) is 0 Å². The van der Waals surface area contributed by atoms with Gasteiger partial charge in [-0.3, -0.25) is 19.3 Å². The fourth-order valence-electron chi connectivity index (χ4n) is 4.97. The summed E-state index contributed by atoms with van der Waals surface area (Å²) in [5.74, 6) is -0.119. The first-order valence-electron chi connectivity index (χ1n) is 11.4. The quantitative estimate of drug-likeness (QED) is 0.642. The number of amides is 3. The van der Waals surface area contributed by atoms with Crippen molar-refractivity contribution < 1.29 is 19.1 Å². The highest BCUT2D eigenvalue weighted by Crippen LogP contribution is 2.26. The van der Waals surface area contributed by atoms with Crippen molar-refractivity contribution in [1.82, 2.24) is 35.0 Å². The number of carbonyl (C=O) groups is 3. The second kappa shape index (κ2) is 9.34. The highest BCUT2D eigenvalue weighted by molar-refractivity contribution is 5.96. The van der Waals surface area contributed by atoms with Crippen molar-refractivity contribution in [3.05, 3.63) is 48.2 Å². The van der Waals surface area contributed by atoms with Gasteiger partial charge in [-0.15, -0.1) is 0 Å². The van der Waals surface area contributed by atoms with E-state index < -0.39 is 6.04 Å². The zero-order valence-electron chi connectivity index (χ0n) is 19.0. The van der Waals surface area contributed by atoms with Crippen molar-refractivity contribution in [2.45, 2.75) is 38.0 Å². The second-order valence-corrected chi connectivity index (χ2v) is 8.92. The maximum Gasteiger partial charge on any atom is 0.257 e. The zero-order valence-corrected chi connectivity index (χ0v) is 19.0. The third-order valence-corrected chi connectivity index (χ3v) is 6.66. The Hall–Kier alpha value is -3.60. The minimum absolute atomic E-state index is 0.0211. The van der Waals surface area contributed by atoms with Crippen LogP contribution in [0, 0.1) is 0 Å². The predicted molar refractivity (Wildman–Crippen MR) is 120 cm³/mol. The third-order valence-electron chi connectivity index (χ3n) is 6.66. The number of piperazine rings is 1. The number of carbonyl (C=O) groups excluding carboxylic acids is 3. The number of ether oxygens (including phenoxy) is 1. The number of hydrogen-bond donors (Lipinski definition) is 1. The van der Waals surface area contributed by atoms with Crippen LogP contribution in [-0.2, 0) is 16.1 Å². The summed E-state index contributed by atoms with van der Waals surface area (Å²) >= 11 is 0. The lowest BCUT2D eigenvalue weighted by Gasteiger charge is -2.42. The Labute approximate surface area is 197 Å². The van der Waals surface area contributed by atoms with Gasteiger partial charge in [-0.2, -0.15) is 0 Å². The minimum atomic E-state index is -0.412. The monoisotopic (exact) mass is 465 g/mol. The molecule has 178 valence electrons. The SMILES string of the molecule is CC(=O)N1CCN2C(=O)[C@@H]3C[C@@H](CN3Cc3cncnc3)NC(=O)c3cccnc3OC[C@@H]2C1. The molecule has 0 spiro atoms. The fraction of sp³-hybridized carbons (Fsp3) is 0.478. The highest BCUT2D eigenvalue weighted by atomic mass is 16.5. The molecule has 0 radical (unpaired) electrons. The van der Waals surface area contributed by atoms with Crippen LogP contribution < -0.4 is 10.1 Å². The van der Waals surface area contributed by atoms with E-state index in [4.69, 9.17) is 4.74 Å². The molecule has 2 bridgehead atoms. The number of hydrogen-bond acceptors (Lipinski definition) is 8. The first kappa shape index (κ1) is 22.2. The first-order chi connectivity index (χ1) is 16.5. The summed E-state index contributed by atoms with van der Waals surface area (Å²) in [6, 6.07) is 2.41. The van der Waals surface area contributed by atoms with E-state index in [0.29, 0.717) is 44.7 Å². The molecule has 2 saturated heterocycles. The van der Waals surface area contributed by atoms with Gasteiger partial charge in [0.05, 0.1) is 12.1 Å². The highest BCUT2D eigenvalue weighted by Gasteiger charge is 2.43. The summed E-state index contributed by atoms with van der Waals surface area (Å²) in [6.07, 6.45) is 7.00. The van der Waals surface area contributed by atoms with Crippen LogP contribution in [0.25, 0.3) is 0 Å². The molecule has 5 rings (SSSR count). The average Bonchev–Trinajstić information content (AvgIpc) is 3.24. The molecular weight excluding hydrogens is 438 g/mol. The van der Waals surface area contributed by atoms with Gasteiger partial charge in [0.25, 0.3) is 5.91 Å². The zero-order chi connectivity index (χ0) is 23.7. The Balaban J connectivity index is 1.48. The van der Waals surface area contributed by atoms with Crippen LogP contribution in [0.3, 0.4) is 0 Å². The van der Waals surface area contributed by atoms with Crippen LogP contribution in [-0.4, -0.2) is 98.3 Å². The molecule has 0 aliphatic carbocycles. The normalized spacial score (nSPS) is 25.4. The van der Waals surface area contributed by atoms with Crippen molar-refractivity contribution in [3.8, 4) is 5.88 Å². The van der Waals surface area contributed by atoms with E-state index in [-0.39, 0.29) is 42.3 Å². The Morgan fingerprint density at radius 2 is 2.03 bits per heavy atom. The molecule has 5 heterocycles. The predicted octanol–water partition coefficient (Wildman–Crippen LogP) is -0.304. The Kier molecular flexibility index (Phi) is 6.10. The molecule has 0 aromatic carbocycles. The van der Waals surface area contributed by atoms with E-state index >= 15 is 0 Å². The molecule has 0 unspecified atom stereocenters.